The second kappa shape index (κ2) is 15.1. The predicted octanol–water partition coefficient (Wildman–Crippen LogP) is 14.2. The van der Waals surface area contributed by atoms with Crippen LogP contribution in [0.1, 0.15) is 32.3 Å². The molecule has 3 heteroatoms. The van der Waals surface area contributed by atoms with Gasteiger partial charge in [0.1, 0.15) is 5.82 Å². The van der Waals surface area contributed by atoms with E-state index in [-0.39, 0.29) is 0 Å². The summed E-state index contributed by atoms with van der Waals surface area (Å²) in [5.74, 6) is 0.922. The lowest BCUT2D eigenvalue weighted by Crippen LogP contribution is -2.18. The highest BCUT2D eigenvalue weighted by Gasteiger charge is 2.29. The molecule has 0 amide bonds. The van der Waals surface area contributed by atoms with Gasteiger partial charge < -0.3 is 4.57 Å². The fraction of sp³-hybridized carbons (Fsp3) is 0.0784. The molecule has 2 aliphatic rings. The lowest BCUT2D eigenvalue weighted by Gasteiger charge is -2.28. The van der Waals surface area contributed by atoms with E-state index in [1.165, 1.54) is 72.1 Å². The average Bonchev–Trinajstić information content (AvgIpc) is 3.53. The van der Waals surface area contributed by atoms with Gasteiger partial charge in [0.2, 0.25) is 0 Å². The number of hydrogen-bond acceptors (Lipinski definition) is 2. The van der Waals surface area contributed by atoms with Crippen LogP contribution in [0.3, 0.4) is 0 Å². The van der Waals surface area contributed by atoms with Crippen LogP contribution in [-0.2, 0) is 0 Å². The average molecular weight is 698 g/mol. The normalized spacial score (nSPS) is 12.8. The lowest BCUT2D eigenvalue weighted by molar-refractivity contribution is 1.01. The molecule has 8 aromatic rings. The molecule has 0 saturated carbocycles. The molecule has 0 fully saturated rings. The molecule has 3 heterocycles. The molecule has 0 bridgehead atoms. The minimum atomic E-state index is 0.922. The van der Waals surface area contributed by atoms with Gasteiger partial charge in [-0.1, -0.05) is 123 Å². The SMILES string of the molecule is C1=CC2=C(CC1)c1ccc(-c3ccc4c(c3)c3ccccc3n4-c3ccccc3)cc1-c1ccccc1N2c1cc(-c2ccccc2)ccn1.C=C.CC. The van der Waals surface area contributed by atoms with Gasteiger partial charge in [0, 0.05) is 28.2 Å². The van der Waals surface area contributed by atoms with E-state index in [0.29, 0.717) is 0 Å². The van der Waals surface area contributed by atoms with Crippen LogP contribution < -0.4 is 4.90 Å². The summed E-state index contributed by atoms with van der Waals surface area (Å²) in [7, 11) is 0. The van der Waals surface area contributed by atoms with Crippen molar-refractivity contribution in [2.45, 2.75) is 26.7 Å². The maximum Gasteiger partial charge on any atom is 0.138 e. The molecule has 10 rings (SSSR count). The third kappa shape index (κ3) is 5.94. The molecule has 1 aliphatic heterocycles. The van der Waals surface area contributed by atoms with Crippen LogP contribution in [0, 0.1) is 0 Å². The first-order chi connectivity index (χ1) is 26.8. The monoisotopic (exact) mass is 697 g/mol. The van der Waals surface area contributed by atoms with Crippen LogP contribution in [0.4, 0.5) is 11.5 Å². The minimum Gasteiger partial charge on any atom is -0.309 e. The van der Waals surface area contributed by atoms with E-state index in [2.05, 4.69) is 193 Å². The Morgan fingerprint density at radius 3 is 2.04 bits per heavy atom. The van der Waals surface area contributed by atoms with Crippen molar-refractivity contribution < 1.29 is 0 Å². The van der Waals surface area contributed by atoms with Crippen molar-refractivity contribution in [2.75, 3.05) is 4.90 Å². The molecule has 0 spiro atoms. The van der Waals surface area contributed by atoms with Crippen molar-refractivity contribution in [3.8, 4) is 39.1 Å². The minimum absolute atomic E-state index is 0.922. The Morgan fingerprint density at radius 1 is 0.537 bits per heavy atom. The highest BCUT2D eigenvalue weighted by Crippen LogP contribution is 2.49. The number of allylic oxidation sites excluding steroid dienone is 3. The van der Waals surface area contributed by atoms with Crippen LogP contribution in [0.5, 0.6) is 0 Å². The summed E-state index contributed by atoms with van der Waals surface area (Å²) >= 11 is 0. The van der Waals surface area contributed by atoms with Gasteiger partial charge in [-0.15, -0.1) is 13.2 Å². The highest BCUT2D eigenvalue weighted by atomic mass is 15.2. The standard InChI is InChI=1S/C47H33N3.C2H6.C2H4/c1-3-13-32(14-4-1)35-27-28-48-47(31-35)50-44-21-11-7-17-38(44)37-25-23-33(29-41(37)39-18-8-12-22-45(39)50)34-24-26-46-42(30-34)40-19-9-10-20-43(40)49(46)36-15-5-2-6-16-36;2*1-2/h1-6,8-16,18-31H,7,17H2;1-2H3;1-2H2. The molecular formula is C51H43N3. The Labute approximate surface area is 318 Å². The molecule has 6 aromatic carbocycles. The topological polar surface area (TPSA) is 21.1 Å². The summed E-state index contributed by atoms with van der Waals surface area (Å²) < 4.78 is 2.38. The quantitative estimate of drug-likeness (QED) is 0.171. The van der Waals surface area contributed by atoms with Crippen molar-refractivity contribution in [3.05, 3.63) is 200 Å². The summed E-state index contributed by atoms with van der Waals surface area (Å²) in [5, 5.41) is 2.52. The fourth-order valence-corrected chi connectivity index (χ4v) is 7.97. The number of pyridine rings is 1. The summed E-state index contributed by atoms with van der Waals surface area (Å²) in [4.78, 5) is 7.35. The number of hydrogen-bond donors (Lipinski definition) is 0. The van der Waals surface area contributed by atoms with Crippen molar-refractivity contribution >= 4 is 38.9 Å². The zero-order valence-corrected chi connectivity index (χ0v) is 30.9. The number of aromatic nitrogens is 2. The second-order valence-electron chi connectivity index (χ2n) is 13.1. The predicted molar refractivity (Wildman–Crippen MR) is 231 cm³/mol. The molecule has 0 N–H and O–H groups in total. The van der Waals surface area contributed by atoms with E-state index in [1.807, 2.05) is 20.0 Å². The van der Waals surface area contributed by atoms with E-state index in [4.69, 9.17) is 4.98 Å². The maximum absolute atomic E-state index is 4.98. The van der Waals surface area contributed by atoms with E-state index < -0.39 is 0 Å². The van der Waals surface area contributed by atoms with E-state index >= 15 is 0 Å². The second-order valence-corrected chi connectivity index (χ2v) is 13.1. The van der Waals surface area contributed by atoms with Gasteiger partial charge in [0.25, 0.3) is 0 Å². The maximum atomic E-state index is 4.98. The van der Waals surface area contributed by atoms with Gasteiger partial charge >= 0.3 is 0 Å². The summed E-state index contributed by atoms with van der Waals surface area (Å²) in [6, 6.07) is 57.1. The zero-order valence-electron chi connectivity index (χ0n) is 30.9. The molecule has 2 aromatic heterocycles. The molecule has 0 atom stereocenters. The van der Waals surface area contributed by atoms with Crippen LogP contribution >= 0.6 is 0 Å². The van der Waals surface area contributed by atoms with Gasteiger partial charge in [-0.05, 0) is 112 Å². The molecule has 1 aliphatic carbocycles. The molecule has 262 valence electrons. The van der Waals surface area contributed by atoms with Crippen LogP contribution in [0.15, 0.2) is 195 Å². The Hall–Kier alpha value is -6.71. The number of anilines is 2. The molecular weight excluding hydrogens is 655 g/mol. The van der Waals surface area contributed by atoms with E-state index in [1.54, 1.807) is 0 Å². The Kier molecular flexibility index (Phi) is 9.62. The zero-order chi connectivity index (χ0) is 37.0. The van der Waals surface area contributed by atoms with E-state index in [0.717, 1.165) is 29.9 Å². The Morgan fingerprint density at radius 2 is 1.20 bits per heavy atom. The van der Waals surface area contributed by atoms with Gasteiger partial charge in [0.05, 0.1) is 22.4 Å². The number of para-hydroxylation sites is 3. The first kappa shape index (κ1) is 34.4. The molecule has 3 nitrogen and oxygen atoms in total. The Balaban J connectivity index is 0.00000100. The van der Waals surface area contributed by atoms with Gasteiger partial charge in [-0.2, -0.15) is 0 Å². The first-order valence-corrected chi connectivity index (χ1v) is 18.9. The number of nitrogens with zero attached hydrogens (tertiary/aromatic N) is 3. The van der Waals surface area contributed by atoms with Gasteiger partial charge in [0.15, 0.2) is 0 Å². The molecule has 0 radical (unpaired) electrons. The van der Waals surface area contributed by atoms with Crippen LogP contribution in [-0.4, -0.2) is 9.55 Å². The van der Waals surface area contributed by atoms with Crippen molar-refractivity contribution in [2.24, 2.45) is 0 Å². The summed E-state index contributed by atoms with van der Waals surface area (Å²) in [6.07, 6.45) is 8.53. The molecule has 0 unspecified atom stereocenters. The molecule has 0 saturated heterocycles. The van der Waals surface area contributed by atoms with Gasteiger partial charge in [-0.3, -0.25) is 4.90 Å². The third-order valence-electron chi connectivity index (χ3n) is 10.3. The lowest BCUT2D eigenvalue weighted by atomic mass is 9.88. The summed E-state index contributed by atoms with van der Waals surface area (Å²) in [6.45, 7) is 10.0. The third-order valence-corrected chi connectivity index (χ3v) is 10.3. The number of rotatable bonds is 4. The largest absolute Gasteiger partial charge is 0.309 e. The highest BCUT2D eigenvalue weighted by molar-refractivity contribution is 6.10. The first-order valence-electron chi connectivity index (χ1n) is 18.9. The summed E-state index contributed by atoms with van der Waals surface area (Å²) in [5.41, 5.74) is 15.8. The Bertz CT molecular complexity index is 2660. The van der Waals surface area contributed by atoms with Crippen molar-refractivity contribution in [3.63, 3.8) is 0 Å². The van der Waals surface area contributed by atoms with Crippen molar-refractivity contribution in [1.29, 1.82) is 0 Å². The van der Waals surface area contributed by atoms with Crippen molar-refractivity contribution in [1.82, 2.24) is 9.55 Å². The van der Waals surface area contributed by atoms with Crippen LogP contribution in [0.2, 0.25) is 0 Å². The molecule has 54 heavy (non-hydrogen) atoms. The van der Waals surface area contributed by atoms with Gasteiger partial charge in [-0.25, -0.2) is 4.98 Å². The van der Waals surface area contributed by atoms with E-state index in [9.17, 15) is 0 Å². The smallest absolute Gasteiger partial charge is 0.138 e. The van der Waals surface area contributed by atoms with Crippen LogP contribution in [0.25, 0.3) is 66.4 Å². The fourth-order valence-electron chi connectivity index (χ4n) is 7.97. The number of benzene rings is 6. The number of fused-ring (bicyclic) bond motifs is 7.